The van der Waals surface area contributed by atoms with E-state index in [9.17, 15) is 8.42 Å². The van der Waals surface area contributed by atoms with E-state index >= 15 is 0 Å². The molecule has 0 amide bonds. The van der Waals surface area contributed by atoms with Gasteiger partial charge in [0.25, 0.3) is 0 Å². The highest BCUT2D eigenvalue weighted by atomic mass is 79.9. The van der Waals surface area contributed by atoms with Crippen molar-refractivity contribution in [2.75, 3.05) is 6.54 Å². The molecular weight excluding hydrogens is 436 g/mol. The van der Waals surface area contributed by atoms with Gasteiger partial charge in [0.2, 0.25) is 10.0 Å². The summed E-state index contributed by atoms with van der Waals surface area (Å²) in [6.45, 7) is 0.271. The lowest BCUT2D eigenvalue weighted by atomic mass is 9.96. The van der Waals surface area contributed by atoms with Crippen molar-refractivity contribution in [2.45, 2.75) is 24.0 Å². The van der Waals surface area contributed by atoms with E-state index in [1.807, 2.05) is 42.5 Å². The van der Waals surface area contributed by atoms with Crippen LogP contribution in [0.4, 0.5) is 0 Å². The maximum absolute atomic E-state index is 12.3. The number of hydrogen-bond donors (Lipinski definition) is 2. The van der Waals surface area contributed by atoms with Crippen LogP contribution in [-0.2, 0) is 10.0 Å². The van der Waals surface area contributed by atoms with Crippen molar-refractivity contribution in [1.82, 2.24) is 9.71 Å². The summed E-state index contributed by atoms with van der Waals surface area (Å²) < 4.78 is 28.4. The normalized spacial score (nSPS) is 16.1. The van der Waals surface area contributed by atoms with Crippen molar-refractivity contribution >= 4 is 48.5 Å². The highest BCUT2D eigenvalue weighted by Crippen LogP contribution is 2.34. The first-order chi connectivity index (χ1) is 12.5. The standard InChI is InChI=1S/C19H18BrClN2O2S/c20-16-6-3-4-12-10-18(23-19(12)16)15(14-5-1-2-7-17(14)21)11-22-26(24,25)13-8-9-13/h1-7,10,13,15,22-23H,8-9,11H2. The second-order valence-corrected chi connectivity index (χ2v) is 9.90. The summed E-state index contributed by atoms with van der Waals surface area (Å²) in [4.78, 5) is 3.43. The molecule has 4 rings (SSSR count). The maximum Gasteiger partial charge on any atom is 0.214 e. The fraction of sp³-hybridized carbons (Fsp3) is 0.263. The first-order valence-corrected chi connectivity index (χ1v) is 11.2. The van der Waals surface area contributed by atoms with E-state index in [0.29, 0.717) is 5.02 Å². The SMILES string of the molecule is O=S(=O)(NCC(c1cc2cccc(Br)c2[nH]1)c1ccccc1Cl)C1CC1. The molecule has 0 radical (unpaired) electrons. The van der Waals surface area contributed by atoms with Crippen LogP contribution in [0, 0.1) is 0 Å². The fourth-order valence-corrected chi connectivity index (χ4v) is 5.31. The minimum atomic E-state index is -3.27. The monoisotopic (exact) mass is 452 g/mol. The second kappa shape index (κ2) is 7.00. The molecule has 1 aromatic heterocycles. The Morgan fingerprint density at radius 3 is 2.65 bits per heavy atom. The Labute approximate surface area is 166 Å². The van der Waals surface area contributed by atoms with Crippen LogP contribution in [0.5, 0.6) is 0 Å². The summed E-state index contributed by atoms with van der Waals surface area (Å²) in [6, 6.07) is 15.6. The summed E-state index contributed by atoms with van der Waals surface area (Å²) in [7, 11) is -3.27. The molecule has 0 bridgehead atoms. The van der Waals surface area contributed by atoms with Crippen LogP contribution in [0.15, 0.2) is 53.0 Å². The largest absolute Gasteiger partial charge is 0.357 e. The van der Waals surface area contributed by atoms with Crippen molar-refractivity contribution in [1.29, 1.82) is 0 Å². The quantitative estimate of drug-likeness (QED) is 0.563. The third-order valence-electron chi connectivity index (χ3n) is 4.73. The number of benzene rings is 2. The lowest BCUT2D eigenvalue weighted by molar-refractivity contribution is 0.575. The van der Waals surface area contributed by atoms with Crippen molar-refractivity contribution in [3.05, 3.63) is 69.3 Å². The molecule has 3 aromatic rings. The number of aromatic nitrogens is 1. The third kappa shape index (κ3) is 3.56. The van der Waals surface area contributed by atoms with Crippen LogP contribution in [-0.4, -0.2) is 25.2 Å². The van der Waals surface area contributed by atoms with Crippen LogP contribution in [0.2, 0.25) is 5.02 Å². The molecule has 1 aliphatic carbocycles. The number of halogens is 2. The van der Waals surface area contributed by atoms with E-state index in [-0.39, 0.29) is 17.7 Å². The van der Waals surface area contributed by atoms with Gasteiger partial charge in [-0.05, 0) is 52.5 Å². The minimum Gasteiger partial charge on any atom is -0.357 e. The third-order valence-corrected chi connectivity index (χ3v) is 7.66. The number of fused-ring (bicyclic) bond motifs is 1. The van der Waals surface area contributed by atoms with E-state index in [1.54, 1.807) is 0 Å². The number of rotatable bonds is 6. The highest BCUT2D eigenvalue weighted by molar-refractivity contribution is 9.10. The molecule has 1 aliphatic rings. The Morgan fingerprint density at radius 2 is 1.96 bits per heavy atom. The topological polar surface area (TPSA) is 62.0 Å². The summed E-state index contributed by atoms with van der Waals surface area (Å²) in [5.41, 5.74) is 2.82. The van der Waals surface area contributed by atoms with Gasteiger partial charge in [-0.2, -0.15) is 0 Å². The van der Waals surface area contributed by atoms with Crippen molar-refractivity contribution in [2.24, 2.45) is 0 Å². The number of nitrogens with one attached hydrogen (secondary N) is 2. The summed E-state index contributed by atoms with van der Waals surface area (Å²) >= 11 is 9.98. The van der Waals surface area contributed by atoms with Gasteiger partial charge >= 0.3 is 0 Å². The van der Waals surface area contributed by atoms with E-state index in [0.717, 1.165) is 39.5 Å². The first-order valence-electron chi connectivity index (χ1n) is 8.46. The summed E-state index contributed by atoms with van der Waals surface area (Å²) in [5, 5.41) is 1.45. The predicted molar refractivity (Wildman–Crippen MR) is 109 cm³/mol. The molecule has 1 fully saturated rings. The van der Waals surface area contributed by atoms with Gasteiger partial charge in [0, 0.05) is 33.0 Å². The lowest BCUT2D eigenvalue weighted by Crippen LogP contribution is -2.31. The van der Waals surface area contributed by atoms with Crippen LogP contribution < -0.4 is 4.72 Å². The summed E-state index contributed by atoms with van der Waals surface area (Å²) in [6.07, 6.45) is 1.48. The molecule has 2 N–H and O–H groups in total. The Morgan fingerprint density at radius 1 is 1.19 bits per heavy atom. The number of sulfonamides is 1. The van der Waals surface area contributed by atoms with Gasteiger partial charge in [0.15, 0.2) is 0 Å². The molecule has 0 aliphatic heterocycles. The molecule has 0 spiro atoms. The Balaban J connectivity index is 1.74. The smallest absolute Gasteiger partial charge is 0.214 e. The molecule has 4 nitrogen and oxygen atoms in total. The van der Waals surface area contributed by atoms with Gasteiger partial charge in [0.05, 0.1) is 10.8 Å². The van der Waals surface area contributed by atoms with Crippen LogP contribution >= 0.6 is 27.5 Å². The van der Waals surface area contributed by atoms with E-state index < -0.39 is 10.0 Å². The number of hydrogen-bond acceptors (Lipinski definition) is 2. The molecule has 1 unspecified atom stereocenters. The zero-order valence-corrected chi connectivity index (χ0v) is 17.0. The number of aromatic amines is 1. The average Bonchev–Trinajstić information content (AvgIpc) is 3.38. The Bertz CT molecular complexity index is 1060. The Hall–Kier alpha value is -1.34. The zero-order valence-electron chi connectivity index (χ0n) is 13.9. The van der Waals surface area contributed by atoms with Crippen LogP contribution in [0.3, 0.4) is 0 Å². The maximum atomic E-state index is 12.3. The van der Waals surface area contributed by atoms with Crippen molar-refractivity contribution in [3.8, 4) is 0 Å². The summed E-state index contributed by atoms with van der Waals surface area (Å²) in [5.74, 6) is -0.198. The molecule has 1 saturated carbocycles. The van der Waals surface area contributed by atoms with Crippen LogP contribution in [0.25, 0.3) is 10.9 Å². The molecule has 1 atom stereocenters. The van der Waals surface area contributed by atoms with Crippen LogP contribution in [0.1, 0.15) is 30.0 Å². The van der Waals surface area contributed by atoms with Crippen molar-refractivity contribution < 1.29 is 8.42 Å². The minimum absolute atomic E-state index is 0.198. The highest BCUT2D eigenvalue weighted by Gasteiger charge is 2.36. The van der Waals surface area contributed by atoms with Crippen molar-refractivity contribution in [3.63, 3.8) is 0 Å². The number of para-hydroxylation sites is 1. The molecule has 0 saturated heterocycles. The first kappa shape index (κ1) is 18.0. The van der Waals surface area contributed by atoms with Gasteiger partial charge < -0.3 is 4.98 Å². The molecule has 2 aromatic carbocycles. The van der Waals surface area contributed by atoms with E-state index in [4.69, 9.17) is 11.6 Å². The number of H-pyrrole nitrogens is 1. The van der Waals surface area contributed by atoms with E-state index in [2.05, 4.69) is 31.7 Å². The van der Waals surface area contributed by atoms with Gasteiger partial charge in [0.1, 0.15) is 0 Å². The van der Waals surface area contributed by atoms with Gasteiger partial charge in [-0.25, -0.2) is 13.1 Å². The van der Waals surface area contributed by atoms with E-state index in [1.165, 1.54) is 0 Å². The van der Waals surface area contributed by atoms with Gasteiger partial charge in [-0.1, -0.05) is 41.9 Å². The predicted octanol–water partition coefficient (Wildman–Crippen LogP) is 4.80. The fourth-order valence-electron chi connectivity index (χ4n) is 3.17. The van der Waals surface area contributed by atoms with Gasteiger partial charge in [-0.15, -0.1) is 0 Å². The Kier molecular flexibility index (Phi) is 4.86. The average molecular weight is 454 g/mol. The molecule has 136 valence electrons. The molecule has 7 heteroatoms. The molecule has 26 heavy (non-hydrogen) atoms. The lowest BCUT2D eigenvalue weighted by Gasteiger charge is -2.18. The zero-order chi connectivity index (χ0) is 18.3. The molecule has 1 heterocycles. The van der Waals surface area contributed by atoms with Gasteiger partial charge in [-0.3, -0.25) is 0 Å². The second-order valence-electron chi connectivity index (χ2n) is 6.60. The molecular formula is C19H18BrClN2O2S.